The second kappa shape index (κ2) is 9.00. The van der Waals surface area contributed by atoms with Crippen molar-refractivity contribution in [3.05, 3.63) is 105 Å². The lowest BCUT2D eigenvalue weighted by Crippen LogP contribution is -2.29. The highest BCUT2D eigenvalue weighted by Gasteiger charge is 2.42. The van der Waals surface area contributed by atoms with Crippen LogP contribution in [-0.2, 0) is 0 Å². The lowest BCUT2D eigenvalue weighted by molar-refractivity contribution is 0.438. The van der Waals surface area contributed by atoms with Crippen molar-refractivity contribution in [3.8, 4) is 11.3 Å². The first kappa shape index (κ1) is 22.3. The molecule has 1 N–H and O–H groups in total. The van der Waals surface area contributed by atoms with Gasteiger partial charge < -0.3 is 14.6 Å². The zero-order valence-corrected chi connectivity index (χ0v) is 21.4. The topological polar surface area (TPSA) is 41.3 Å². The Morgan fingerprint density at radius 3 is 2.64 bits per heavy atom. The number of hydrogen-bond donors (Lipinski definition) is 1. The highest BCUT2D eigenvalue weighted by molar-refractivity contribution is 9.10. The first-order valence-corrected chi connectivity index (χ1v) is 12.2. The van der Waals surface area contributed by atoms with Crippen LogP contribution in [0.2, 0.25) is 0 Å². The third kappa shape index (κ3) is 4.23. The predicted molar refractivity (Wildman–Crippen MR) is 139 cm³/mol. The number of pyridine rings is 1. The molecule has 3 heterocycles. The van der Waals surface area contributed by atoms with Crippen molar-refractivity contribution in [2.75, 3.05) is 4.90 Å². The minimum Gasteiger partial charge on any atom is -0.459 e. The Labute approximate surface area is 213 Å². The number of aryl methyl sites for hydroxylation is 1. The molecule has 1 fully saturated rings. The molecule has 2 atom stereocenters. The van der Waals surface area contributed by atoms with Crippen LogP contribution in [0.5, 0.6) is 0 Å². The fourth-order valence-electron chi connectivity index (χ4n) is 4.05. The summed E-state index contributed by atoms with van der Waals surface area (Å²) in [5.74, 6) is 0.766. The summed E-state index contributed by atoms with van der Waals surface area (Å²) < 4.78 is 22.5. The molecule has 1 aliphatic rings. The maximum Gasteiger partial charge on any atom is 0.174 e. The zero-order valence-electron chi connectivity index (χ0n) is 17.4. The summed E-state index contributed by atoms with van der Waals surface area (Å²) in [6.07, 6.45) is 1.76. The fourth-order valence-corrected chi connectivity index (χ4v) is 4.97. The van der Waals surface area contributed by atoms with Gasteiger partial charge in [0.15, 0.2) is 5.11 Å². The molecule has 33 heavy (non-hydrogen) atoms. The maximum atomic E-state index is 14.6. The minimum absolute atomic E-state index is 0.239. The van der Waals surface area contributed by atoms with E-state index >= 15 is 0 Å². The number of aromatic nitrogens is 1. The molecule has 166 valence electrons. The van der Waals surface area contributed by atoms with Crippen LogP contribution < -0.4 is 10.2 Å². The lowest BCUT2D eigenvalue weighted by atomic mass is 10.0. The summed E-state index contributed by atoms with van der Waals surface area (Å²) >= 11 is 12.6. The predicted octanol–water partition coefficient (Wildman–Crippen LogP) is 7.49. The van der Waals surface area contributed by atoms with E-state index in [1.165, 1.54) is 6.07 Å². The van der Waals surface area contributed by atoms with Gasteiger partial charge in [-0.25, -0.2) is 4.39 Å². The molecule has 4 aromatic rings. The van der Waals surface area contributed by atoms with Crippen LogP contribution in [0.4, 0.5) is 10.1 Å². The number of thiocarbonyl (C=S) groups is 1. The third-order valence-electron chi connectivity index (χ3n) is 5.63. The van der Waals surface area contributed by atoms with E-state index in [1.54, 1.807) is 24.4 Å². The smallest absolute Gasteiger partial charge is 0.174 e. The van der Waals surface area contributed by atoms with E-state index in [0.717, 1.165) is 21.4 Å². The van der Waals surface area contributed by atoms with Crippen molar-refractivity contribution >= 4 is 54.9 Å². The molecular weight excluding hydrogens is 569 g/mol. The van der Waals surface area contributed by atoms with Crippen LogP contribution >= 0.6 is 44.1 Å². The van der Waals surface area contributed by atoms with Gasteiger partial charge in [0.05, 0.1) is 17.3 Å². The molecular formula is C25H18Br2FN3OS. The van der Waals surface area contributed by atoms with Crippen LogP contribution in [0, 0.1) is 12.7 Å². The molecule has 1 aliphatic heterocycles. The van der Waals surface area contributed by atoms with Crippen molar-refractivity contribution in [3.63, 3.8) is 0 Å². The van der Waals surface area contributed by atoms with Crippen LogP contribution in [0.3, 0.4) is 0 Å². The first-order chi connectivity index (χ1) is 15.9. The second-order valence-electron chi connectivity index (χ2n) is 7.76. The monoisotopic (exact) mass is 585 g/mol. The van der Waals surface area contributed by atoms with Crippen molar-refractivity contribution in [2.45, 2.75) is 19.0 Å². The van der Waals surface area contributed by atoms with E-state index in [-0.39, 0.29) is 17.9 Å². The summed E-state index contributed by atoms with van der Waals surface area (Å²) in [4.78, 5) is 6.59. The largest absolute Gasteiger partial charge is 0.459 e. The number of nitrogens with zero attached hydrogens (tertiary/aromatic N) is 2. The van der Waals surface area contributed by atoms with Crippen molar-refractivity contribution in [1.29, 1.82) is 0 Å². The molecule has 0 spiro atoms. The molecule has 0 bridgehead atoms. The Morgan fingerprint density at radius 2 is 1.91 bits per heavy atom. The number of anilines is 1. The Bertz CT molecular complexity index is 1340. The van der Waals surface area contributed by atoms with Gasteiger partial charge in [-0.2, -0.15) is 0 Å². The molecule has 0 aliphatic carbocycles. The van der Waals surface area contributed by atoms with Gasteiger partial charge in [-0.05, 0) is 85.4 Å². The molecule has 1 saturated heterocycles. The van der Waals surface area contributed by atoms with Gasteiger partial charge >= 0.3 is 0 Å². The molecule has 2 aromatic carbocycles. The van der Waals surface area contributed by atoms with Crippen molar-refractivity contribution in [2.24, 2.45) is 0 Å². The van der Waals surface area contributed by atoms with E-state index in [0.29, 0.717) is 26.7 Å². The Kier molecular flexibility index (Phi) is 6.07. The zero-order chi connectivity index (χ0) is 23.1. The Hall–Kier alpha value is -2.55. The van der Waals surface area contributed by atoms with Gasteiger partial charge in [0, 0.05) is 20.8 Å². The molecule has 4 nitrogen and oxygen atoms in total. The number of rotatable bonds is 4. The van der Waals surface area contributed by atoms with Gasteiger partial charge in [-0.3, -0.25) is 4.98 Å². The number of hydrogen-bond acceptors (Lipinski definition) is 3. The van der Waals surface area contributed by atoms with Crippen molar-refractivity contribution < 1.29 is 8.81 Å². The average Bonchev–Trinajstić information content (AvgIpc) is 3.41. The normalized spacial score (nSPS) is 17.9. The van der Waals surface area contributed by atoms with Gasteiger partial charge in [-0.15, -0.1) is 0 Å². The van der Waals surface area contributed by atoms with Crippen LogP contribution in [-0.4, -0.2) is 10.1 Å². The molecule has 8 heteroatoms. The summed E-state index contributed by atoms with van der Waals surface area (Å²) in [5.41, 5.74) is 3.27. The van der Waals surface area contributed by atoms with E-state index in [2.05, 4.69) is 48.2 Å². The van der Waals surface area contributed by atoms with E-state index < -0.39 is 0 Å². The Morgan fingerprint density at radius 1 is 1.06 bits per heavy atom. The van der Waals surface area contributed by atoms with Crippen LogP contribution in [0.15, 0.2) is 86.3 Å². The lowest BCUT2D eigenvalue weighted by Gasteiger charge is -2.26. The molecule has 0 saturated carbocycles. The number of nitrogens with one attached hydrogen (secondary N) is 1. The van der Waals surface area contributed by atoms with E-state index in [4.69, 9.17) is 16.6 Å². The highest BCUT2D eigenvalue weighted by atomic mass is 79.9. The molecule has 2 aromatic heterocycles. The van der Waals surface area contributed by atoms with Gasteiger partial charge in [0.25, 0.3) is 0 Å². The number of halogens is 3. The van der Waals surface area contributed by atoms with Gasteiger partial charge in [0.2, 0.25) is 0 Å². The van der Waals surface area contributed by atoms with E-state index in [9.17, 15) is 4.39 Å². The summed E-state index contributed by atoms with van der Waals surface area (Å²) in [5, 5.41) is 3.99. The number of furan rings is 1. The highest BCUT2D eigenvalue weighted by Crippen LogP contribution is 2.43. The maximum absolute atomic E-state index is 14.6. The summed E-state index contributed by atoms with van der Waals surface area (Å²) in [6, 6.07) is 19.9. The van der Waals surface area contributed by atoms with E-state index in [1.807, 2.05) is 48.2 Å². The first-order valence-electron chi connectivity index (χ1n) is 10.2. The molecule has 0 amide bonds. The quantitative estimate of drug-likeness (QED) is 0.251. The van der Waals surface area contributed by atoms with Crippen molar-refractivity contribution in [1.82, 2.24) is 10.3 Å². The summed E-state index contributed by atoms with van der Waals surface area (Å²) in [6.45, 7) is 2.03. The second-order valence-corrected chi connectivity index (χ2v) is 9.91. The van der Waals surface area contributed by atoms with Gasteiger partial charge in [0.1, 0.15) is 23.4 Å². The molecule has 0 unspecified atom stereocenters. The average molecular weight is 587 g/mol. The minimum atomic E-state index is -0.355. The van der Waals surface area contributed by atoms with Gasteiger partial charge in [-0.1, -0.05) is 37.9 Å². The number of benzene rings is 2. The van der Waals surface area contributed by atoms with Crippen LogP contribution in [0.25, 0.3) is 11.3 Å². The van der Waals surface area contributed by atoms with Crippen LogP contribution in [0.1, 0.15) is 29.1 Å². The molecule has 5 rings (SSSR count). The summed E-state index contributed by atoms with van der Waals surface area (Å²) in [7, 11) is 0. The molecule has 0 radical (unpaired) electrons. The SMILES string of the molecule is Cc1cc(N2C(=S)N[C@@H](c3ccccn3)[C@H]2c2ccc(-c3ccc(Br)cc3F)o2)ccc1Br. The third-order valence-corrected chi connectivity index (χ3v) is 7.33. The fraction of sp³-hybridized carbons (Fsp3) is 0.120. The Balaban J connectivity index is 1.61. The standard InChI is InChI=1S/C25H18Br2FN3OS/c1-14-12-16(6-8-18(14)27)31-24(23(30-25(31)33)20-4-2-3-11-29-20)22-10-9-21(32-22)17-7-5-15(26)13-19(17)28/h2-13,23-24H,1H3,(H,30,33)/t23-,24+/m0/s1.